The summed E-state index contributed by atoms with van der Waals surface area (Å²) >= 11 is 0. The highest BCUT2D eigenvalue weighted by Gasteiger charge is 2.22. The minimum absolute atomic E-state index is 0. The zero-order chi connectivity index (χ0) is 10.7. The lowest BCUT2D eigenvalue weighted by molar-refractivity contribution is -0.133. The average molecular weight is 281 g/mol. The molecule has 1 aliphatic rings. The lowest BCUT2D eigenvalue weighted by Crippen LogP contribution is -2.52. The third kappa shape index (κ3) is 4.18. The van der Waals surface area contributed by atoms with E-state index in [1.807, 2.05) is 11.0 Å². The molecule has 1 unspecified atom stereocenters. The summed E-state index contributed by atoms with van der Waals surface area (Å²) < 4.78 is 0. The number of carbonyl (C=O) groups is 1. The summed E-state index contributed by atoms with van der Waals surface area (Å²) in [6.45, 7) is 4.64. The second kappa shape index (κ2) is 7.53. The Bertz CT molecular complexity index is 331. The van der Waals surface area contributed by atoms with E-state index < -0.39 is 0 Å². The van der Waals surface area contributed by atoms with Crippen molar-refractivity contribution in [2.45, 2.75) is 19.4 Å². The zero-order valence-electron chi connectivity index (χ0n) is 9.68. The maximum Gasteiger partial charge on any atom is 0.228 e. The molecule has 0 aliphatic carbocycles. The van der Waals surface area contributed by atoms with Crippen LogP contribution >= 0.6 is 24.8 Å². The number of piperazine rings is 1. The summed E-state index contributed by atoms with van der Waals surface area (Å²) in [5.41, 5.74) is 0.880. The predicted molar refractivity (Wildman–Crippen MR) is 70.8 cm³/mol. The maximum absolute atomic E-state index is 11.9. The Hall–Kier alpha value is -0.780. The van der Waals surface area contributed by atoms with E-state index >= 15 is 0 Å². The normalized spacial score (nSPS) is 19.1. The summed E-state index contributed by atoms with van der Waals surface area (Å²) in [6.07, 6.45) is 2.09. The first kappa shape index (κ1) is 16.2. The summed E-state index contributed by atoms with van der Waals surface area (Å²) in [7, 11) is 0. The molecule has 0 spiro atoms. The minimum atomic E-state index is 0. The monoisotopic (exact) mass is 280 g/mol. The largest absolute Gasteiger partial charge is 0.337 e. The predicted octanol–water partition coefficient (Wildman–Crippen LogP) is 0.616. The van der Waals surface area contributed by atoms with Crippen LogP contribution in [0.4, 0.5) is 0 Å². The fourth-order valence-electron chi connectivity index (χ4n) is 1.86. The van der Waals surface area contributed by atoms with Gasteiger partial charge in [-0.15, -0.1) is 24.8 Å². The van der Waals surface area contributed by atoms with E-state index in [1.165, 1.54) is 0 Å². The van der Waals surface area contributed by atoms with Gasteiger partial charge in [0.15, 0.2) is 0 Å². The van der Waals surface area contributed by atoms with Gasteiger partial charge in [0.1, 0.15) is 0 Å². The molecule has 0 radical (unpaired) electrons. The number of hydrogen-bond donors (Lipinski definition) is 2. The van der Waals surface area contributed by atoms with Gasteiger partial charge in [0, 0.05) is 37.6 Å². The Morgan fingerprint density at radius 2 is 2.35 bits per heavy atom. The number of hydrogen-bond acceptors (Lipinski definition) is 3. The summed E-state index contributed by atoms with van der Waals surface area (Å²) in [5.74, 6) is 0.174. The van der Waals surface area contributed by atoms with Gasteiger partial charge in [-0.3, -0.25) is 9.89 Å². The van der Waals surface area contributed by atoms with E-state index in [9.17, 15) is 4.79 Å². The second-order valence-corrected chi connectivity index (χ2v) is 3.90. The van der Waals surface area contributed by atoms with Crippen LogP contribution in [0.3, 0.4) is 0 Å². The van der Waals surface area contributed by atoms with Crippen LogP contribution in [0.2, 0.25) is 0 Å². The van der Waals surface area contributed by atoms with Crippen LogP contribution in [0.25, 0.3) is 0 Å². The highest BCUT2D eigenvalue weighted by molar-refractivity contribution is 5.85. The fraction of sp³-hybridized carbons (Fsp3) is 0.600. The SMILES string of the molecule is CC1CNCCN1C(=O)Cc1ccn[nH]1.Cl.Cl. The van der Waals surface area contributed by atoms with Crippen LogP contribution < -0.4 is 5.32 Å². The number of amides is 1. The molecule has 2 rings (SSSR count). The molecule has 0 saturated carbocycles. The lowest BCUT2D eigenvalue weighted by atomic mass is 10.2. The summed E-state index contributed by atoms with van der Waals surface area (Å²) in [5, 5.41) is 9.90. The van der Waals surface area contributed by atoms with Crippen molar-refractivity contribution in [3.05, 3.63) is 18.0 Å². The number of nitrogens with one attached hydrogen (secondary N) is 2. The van der Waals surface area contributed by atoms with Crippen LogP contribution in [0.5, 0.6) is 0 Å². The highest BCUT2D eigenvalue weighted by Crippen LogP contribution is 2.06. The smallest absolute Gasteiger partial charge is 0.228 e. The van der Waals surface area contributed by atoms with Crippen molar-refractivity contribution in [2.75, 3.05) is 19.6 Å². The van der Waals surface area contributed by atoms with E-state index in [1.54, 1.807) is 6.20 Å². The van der Waals surface area contributed by atoms with E-state index in [0.717, 1.165) is 25.3 Å². The van der Waals surface area contributed by atoms with Crippen molar-refractivity contribution in [3.8, 4) is 0 Å². The summed E-state index contributed by atoms with van der Waals surface area (Å²) in [4.78, 5) is 13.9. The number of nitrogens with zero attached hydrogens (tertiary/aromatic N) is 2. The minimum Gasteiger partial charge on any atom is -0.337 e. The Kier molecular flexibility index (Phi) is 7.18. The quantitative estimate of drug-likeness (QED) is 0.835. The van der Waals surface area contributed by atoms with Crippen molar-refractivity contribution in [1.82, 2.24) is 20.4 Å². The Morgan fingerprint density at radius 1 is 1.59 bits per heavy atom. The van der Waals surface area contributed by atoms with E-state index in [0.29, 0.717) is 6.42 Å². The van der Waals surface area contributed by atoms with E-state index in [2.05, 4.69) is 22.4 Å². The van der Waals surface area contributed by atoms with Gasteiger partial charge in [-0.1, -0.05) is 0 Å². The first-order valence-corrected chi connectivity index (χ1v) is 5.26. The van der Waals surface area contributed by atoms with Gasteiger partial charge in [-0.25, -0.2) is 0 Å². The van der Waals surface area contributed by atoms with Crippen LogP contribution in [0, 0.1) is 0 Å². The topological polar surface area (TPSA) is 61.0 Å². The number of aromatic nitrogens is 2. The first-order valence-electron chi connectivity index (χ1n) is 5.26. The van der Waals surface area contributed by atoms with Crippen molar-refractivity contribution >= 4 is 30.7 Å². The van der Waals surface area contributed by atoms with Crippen molar-refractivity contribution in [3.63, 3.8) is 0 Å². The van der Waals surface area contributed by atoms with Gasteiger partial charge in [0.05, 0.1) is 6.42 Å². The van der Waals surface area contributed by atoms with Gasteiger partial charge in [0.2, 0.25) is 5.91 Å². The van der Waals surface area contributed by atoms with Crippen LogP contribution in [-0.2, 0) is 11.2 Å². The Morgan fingerprint density at radius 3 is 2.94 bits per heavy atom. The average Bonchev–Trinajstić information content (AvgIpc) is 2.71. The molecule has 1 saturated heterocycles. The van der Waals surface area contributed by atoms with Gasteiger partial charge < -0.3 is 10.2 Å². The number of aromatic amines is 1. The molecule has 2 heterocycles. The van der Waals surface area contributed by atoms with Crippen molar-refractivity contribution in [2.24, 2.45) is 0 Å². The third-order valence-electron chi connectivity index (χ3n) is 2.72. The van der Waals surface area contributed by atoms with Gasteiger partial charge in [0.25, 0.3) is 0 Å². The lowest BCUT2D eigenvalue weighted by Gasteiger charge is -2.33. The maximum atomic E-state index is 11.9. The number of rotatable bonds is 2. The van der Waals surface area contributed by atoms with E-state index in [-0.39, 0.29) is 36.8 Å². The molecule has 1 amide bonds. The second-order valence-electron chi connectivity index (χ2n) is 3.90. The standard InChI is InChI=1S/C10H16N4O.2ClH/c1-8-7-11-4-5-14(8)10(15)6-9-2-3-12-13-9;;/h2-3,8,11H,4-7H2,1H3,(H,12,13);2*1H. The Labute approximate surface area is 113 Å². The molecule has 2 N–H and O–H groups in total. The van der Waals surface area contributed by atoms with Crippen molar-refractivity contribution < 1.29 is 4.79 Å². The number of halogens is 2. The highest BCUT2D eigenvalue weighted by atomic mass is 35.5. The van der Waals surface area contributed by atoms with Crippen LogP contribution in [-0.4, -0.2) is 46.7 Å². The fourth-order valence-corrected chi connectivity index (χ4v) is 1.86. The molecule has 1 atom stereocenters. The molecule has 0 bridgehead atoms. The molecule has 7 heteroatoms. The zero-order valence-corrected chi connectivity index (χ0v) is 11.3. The molecule has 17 heavy (non-hydrogen) atoms. The molecule has 1 aromatic heterocycles. The molecule has 0 aromatic carbocycles. The molecule has 1 aliphatic heterocycles. The van der Waals surface area contributed by atoms with Crippen LogP contribution in [0.1, 0.15) is 12.6 Å². The number of carbonyl (C=O) groups excluding carboxylic acids is 1. The molecule has 5 nitrogen and oxygen atoms in total. The van der Waals surface area contributed by atoms with Gasteiger partial charge in [-0.2, -0.15) is 5.10 Å². The Balaban J connectivity index is 0.00000128. The van der Waals surface area contributed by atoms with Gasteiger partial charge >= 0.3 is 0 Å². The number of H-pyrrole nitrogens is 1. The molecular weight excluding hydrogens is 263 g/mol. The molecular formula is C10H18Cl2N4O. The summed E-state index contributed by atoms with van der Waals surface area (Å²) in [6, 6.07) is 2.12. The first-order chi connectivity index (χ1) is 7.27. The molecule has 98 valence electrons. The van der Waals surface area contributed by atoms with Crippen LogP contribution in [0.15, 0.2) is 12.3 Å². The molecule has 1 fully saturated rings. The van der Waals surface area contributed by atoms with Gasteiger partial charge in [-0.05, 0) is 13.0 Å². The van der Waals surface area contributed by atoms with E-state index in [4.69, 9.17) is 0 Å². The third-order valence-corrected chi connectivity index (χ3v) is 2.72. The molecule has 1 aromatic rings. The van der Waals surface area contributed by atoms with Crippen molar-refractivity contribution in [1.29, 1.82) is 0 Å².